The molecule has 3 rings (SSSR count). The fourth-order valence-electron chi connectivity index (χ4n) is 3.18. The van der Waals surface area contributed by atoms with E-state index in [9.17, 15) is 14.4 Å². The van der Waals surface area contributed by atoms with Crippen LogP contribution >= 0.6 is 0 Å². The second-order valence-electron chi connectivity index (χ2n) is 7.29. The molecule has 0 aliphatic heterocycles. The van der Waals surface area contributed by atoms with Crippen LogP contribution in [0.4, 0.5) is 17.1 Å². The number of amides is 3. The van der Waals surface area contributed by atoms with Gasteiger partial charge in [-0.05, 0) is 30.3 Å². The van der Waals surface area contributed by atoms with Gasteiger partial charge in [-0.3, -0.25) is 14.4 Å². The van der Waals surface area contributed by atoms with Crippen LogP contribution in [0.25, 0.3) is 0 Å². The van der Waals surface area contributed by atoms with Crippen LogP contribution in [0.3, 0.4) is 0 Å². The maximum Gasteiger partial charge on any atom is 0.257 e. The van der Waals surface area contributed by atoms with E-state index in [4.69, 9.17) is 9.47 Å². The third-order valence-electron chi connectivity index (χ3n) is 5.01. The van der Waals surface area contributed by atoms with Crippen LogP contribution in [0.1, 0.15) is 23.2 Å². The molecule has 9 nitrogen and oxygen atoms in total. The first-order chi connectivity index (χ1) is 16.4. The van der Waals surface area contributed by atoms with Crippen molar-refractivity contribution in [3.8, 4) is 11.6 Å². The normalized spacial score (nSPS) is 10.2. The Balaban J connectivity index is 1.62. The van der Waals surface area contributed by atoms with Crippen molar-refractivity contribution in [3.05, 3.63) is 72.4 Å². The average Bonchev–Trinajstić information content (AvgIpc) is 2.87. The SMILES string of the molecule is COc1cccc(NC(=O)c2ccccc2N(C)C(=O)CCC(=O)Nc2ccc(OC)nc2)c1. The Morgan fingerprint density at radius 2 is 1.68 bits per heavy atom. The molecule has 3 aromatic rings. The van der Waals surface area contributed by atoms with E-state index in [0.29, 0.717) is 34.3 Å². The lowest BCUT2D eigenvalue weighted by molar-refractivity contribution is -0.122. The number of nitrogens with zero attached hydrogens (tertiary/aromatic N) is 2. The highest BCUT2D eigenvalue weighted by atomic mass is 16.5. The molecule has 0 aliphatic carbocycles. The van der Waals surface area contributed by atoms with Gasteiger partial charge in [-0.1, -0.05) is 18.2 Å². The van der Waals surface area contributed by atoms with Gasteiger partial charge < -0.3 is 25.0 Å². The fourth-order valence-corrected chi connectivity index (χ4v) is 3.18. The second-order valence-corrected chi connectivity index (χ2v) is 7.29. The van der Waals surface area contributed by atoms with Crippen molar-refractivity contribution in [1.82, 2.24) is 4.98 Å². The molecule has 0 bridgehead atoms. The Bertz CT molecular complexity index is 1160. The lowest BCUT2D eigenvalue weighted by atomic mass is 10.1. The first-order valence-electron chi connectivity index (χ1n) is 10.5. The average molecular weight is 463 g/mol. The lowest BCUT2D eigenvalue weighted by Gasteiger charge is -2.20. The van der Waals surface area contributed by atoms with Gasteiger partial charge in [0.1, 0.15) is 5.75 Å². The molecule has 3 amide bonds. The van der Waals surface area contributed by atoms with Crippen molar-refractivity contribution in [3.63, 3.8) is 0 Å². The molecule has 0 fully saturated rings. The minimum atomic E-state index is -0.367. The predicted molar refractivity (Wildman–Crippen MR) is 129 cm³/mol. The van der Waals surface area contributed by atoms with Gasteiger partial charge >= 0.3 is 0 Å². The highest BCUT2D eigenvalue weighted by Gasteiger charge is 2.19. The lowest BCUT2D eigenvalue weighted by Crippen LogP contribution is -2.29. The zero-order chi connectivity index (χ0) is 24.5. The summed E-state index contributed by atoms with van der Waals surface area (Å²) in [6.07, 6.45) is 1.42. The van der Waals surface area contributed by atoms with Gasteiger partial charge in [0.2, 0.25) is 17.7 Å². The monoisotopic (exact) mass is 462 g/mol. The van der Waals surface area contributed by atoms with Crippen LogP contribution in [-0.2, 0) is 9.59 Å². The molecular formula is C25H26N4O5. The van der Waals surface area contributed by atoms with E-state index in [0.717, 1.165) is 0 Å². The van der Waals surface area contributed by atoms with Crippen molar-refractivity contribution in [2.75, 3.05) is 36.8 Å². The molecule has 1 aromatic heterocycles. The largest absolute Gasteiger partial charge is 0.497 e. The Kier molecular flexibility index (Phi) is 8.17. The fraction of sp³-hybridized carbons (Fsp3) is 0.200. The number of pyridine rings is 1. The minimum absolute atomic E-state index is 0.0205. The Morgan fingerprint density at radius 1 is 0.882 bits per heavy atom. The van der Waals surface area contributed by atoms with Crippen LogP contribution < -0.4 is 25.0 Å². The topological polar surface area (TPSA) is 110 Å². The molecular weight excluding hydrogens is 436 g/mol. The number of methoxy groups -OCH3 is 2. The molecule has 9 heteroatoms. The summed E-state index contributed by atoms with van der Waals surface area (Å²) in [6.45, 7) is 0. The zero-order valence-corrected chi connectivity index (χ0v) is 19.2. The number of anilines is 3. The molecule has 0 atom stereocenters. The number of aromatic nitrogens is 1. The highest BCUT2D eigenvalue weighted by molar-refractivity contribution is 6.10. The highest BCUT2D eigenvalue weighted by Crippen LogP contribution is 2.23. The second kappa shape index (κ2) is 11.5. The van der Waals surface area contributed by atoms with Gasteiger partial charge in [-0.2, -0.15) is 0 Å². The van der Waals surface area contributed by atoms with Gasteiger partial charge in [0.15, 0.2) is 0 Å². The molecule has 2 N–H and O–H groups in total. The molecule has 0 unspecified atom stereocenters. The summed E-state index contributed by atoms with van der Waals surface area (Å²) in [7, 11) is 4.62. The molecule has 0 aliphatic rings. The molecule has 2 aromatic carbocycles. The first kappa shape index (κ1) is 24.2. The van der Waals surface area contributed by atoms with E-state index in [1.54, 1.807) is 74.8 Å². The van der Waals surface area contributed by atoms with Gasteiger partial charge in [-0.15, -0.1) is 0 Å². The number of nitrogens with one attached hydrogen (secondary N) is 2. The van der Waals surface area contributed by atoms with E-state index in [1.807, 2.05) is 0 Å². The van der Waals surface area contributed by atoms with Crippen LogP contribution in [0, 0.1) is 0 Å². The molecule has 0 spiro atoms. The number of hydrogen-bond acceptors (Lipinski definition) is 6. The zero-order valence-electron chi connectivity index (χ0n) is 19.2. The summed E-state index contributed by atoms with van der Waals surface area (Å²) in [5.74, 6) is 0.0571. The van der Waals surface area contributed by atoms with Crippen LogP contribution in [-0.4, -0.2) is 44.0 Å². The summed E-state index contributed by atoms with van der Waals surface area (Å²) >= 11 is 0. The van der Waals surface area contributed by atoms with Crippen molar-refractivity contribution in [1.29, 1.82) is 0 Å². The van der Waals surface area contributed by atoms with Crippen molar-refractivity contribution in [2.45, 2.75) is 12.8 Å². The van der Waals surface area contributed by atoms with E-state index in [1.165, 1.54) is 18.2 Å². The van der Waals surface area contributed by atoms with Gasteiger partial charge in [-0.25, -0.2) is 4.98 Å². The molecule has 34 heavy (non-hydrogen) atoms. The van der Waals surface area contributed by atoms with Gasteiger partial charge in [0.05, 0.1) is 37.4 Å². The number of ether oxygens (including phenoxy) is 2. The smallest absolute Gasteiger partial charge is 0.257 e. The number of carbonyl (C=O) groups excluding carboxylic acids is 3. The van der Waals surface area contributed by atoms with Crippen LogP contribution in [0.2, 0.25) is 0 Å². The third-order valence-corrected chi connectivity index (χ3v) is 5.01. The van der Waals surface area contributed by atoms with Crippen molar-refractivity contribution >= 4 is 34.8 Å². The Hall–Kier alpha value is -4.40. The number of benzene rings is 2. The van der Waals surface area contributed by atoms with Crippen molar-refractivity contribution < 1.29 is 23.9 Å². The molecule has 1 heterocycles. The van der Waals surface area contributed by atoms with Gasteiger partial charge in [0.25, 0.3) is 5.91 Å². The summed E-state index contributed by atoms with van der Waals surface area (Å²) < 4.78 is 10.2. The predicted octanol–water partition coefficient (Wildman–Crippen LogP) is 3.73. The van der Waals surface area contributed by atoms with Gasteiger partial charge in [0, 0.05) is 37.7 Å². The molecule has 0 radical (unpaired) electrons. The van der Waals surface area contributed by atoms with E-state index >= 15 is 0 Å². The number of carbonyl (C=O) groups is 3. The van der Waals surface area contributed by atoms with E-state index in [-0.39, 0.29) is 30.6 Å². The molecule has 176 valence electrons. The number of hydrogen-bond donors (Lipinski definition) is 2. The van der Waals surface area contributed by atoms with Crippen LogP contribution in [0.15, 0.2) is 66.9 Å². The Morgan fingerprint density at radius 3 is 2.38 bits per heavy atom. The summed E-state index contributed by atoms with van der Waals surface area (Å²) in [5.41, 5.74) is 1.84. The third kappa shape index (κ3) is 6.32. The molecule has 0 saturated carbocycles. The maximum atomic E-state index is 12.9. The van der Waals surface area contributed by atoms with Crippen LogP contribution in [0.5, 0.6) is 11.6 Å². The maximum absolute atomic E-state index is 12.9. The number of para-hydroxylation sites is 1. The minimum Gasteiger partial charge on any atom is -0.497 e. The van der Waals surface area contributed by atoms with Crippen molar-refractivity contribution in [2.24, 2.45) is 0 Å². The quantitative estimate of drug-likeness (QED) is 0.501. The Labute approximate surface area is 197 Å². The summed E-state index contributed by atoms with van der Waals surface area (Å²) in [4.78, 5) is 43.3. The molecule has 0 saturated heterocycles. The van der Waals surface area contributed by atoms with E-state index in [2.05, 4.69) is 15.6 Å². The first-order valence-corrected chi connectivity index (χ1v) is 10.5. The standard InChI is InChI=1S/C25H26N4O5/c1-29(24(31)14-12-22(30)27-18-11-13-23(34-3)26-16-18)21-10-5-4-9-20(21)25(32)28-17-7-6-8-19(15-17)33-2/h4-11,13,15-16H,12,14H2,1-3H3,(H,27,30)(H,28,32). The summed E-state index contributed by atoms with van der Waals surface area (Å²) in [5, 5.41) is 5.51. The van der Waals surface area contributed by atoms with E-state index < -0.39 is 0 Å². The number of rotatable bonds is 9. The summed E-state index contributed by atoms with van der Waals surface area (Å²) in [6, 6.07) is 17.1.